The molecule has 0 heterocycles. The Morgan fingerprint density at radius 1 is 1.31 bits per heavy atom. The Kier molecular flexibility index (Phi) is 3.07. The molecule has 0 bridgehead atoms. The first-order valence-corrected chi connectivity index (χ1v) is 4.71. The number of carbonyl (C=O) groups is 2. The maximum absolute atomic E-state index is 11.1. The minimum atomic E-state index is -0.160. The van der Waals surface area contributed by atoms with Gasteiger partial charge in [0.15, 0.2) is 0 Å². The fraction of sp³-hybridized carbons (Fsp3) is 0.800. The van der Waals surface area contributed by atoms with Gasteiger partial charge < -0.3 is 4.74 Å². The summed E-state index contributed by atoms with van der Waals surface area (Å²) in [7, 11) is 0. The van der Waals surface area contributed by atoms with Crippen LogP contribution in [0.5, 0.6) is 0 Å². The van der Waals surface area contributed by atoms with Gasteiger partial charge in [0.05, 0.1) is 5.92 Å². The maximum atomic E-state index is 11.1. The number of esters is 1. The van der Waals surface area contributed by atoms with Crippen molar-refractivity contribution in [2.24, 2.45) is 11.8 Å². The lowest BCUT2D eigenvalue weighted by atomic mass is 9.80. The van der Waals surface area contributed by atoms with E-state index in [1.54, 1.807) is 6.92 Å². The molecule has 0 aliphatic heterocycles. The quantitative estimate of drug-likeness (QED) is 0.625. The van der Waals surface area contributed by atoms with Crippen LogP contribution in [0.1, 0.15) is 33.6 Å². The molecule has 0 saturated heterocycles. The molecular formula is C10H16O3. The van der Waals surface area contributed by atoms with Crippen molar-refractivity contribution < 1.29 is 14.3 Å². The fourth-order valence-corrected chi connectivity index (χ4v) is 1.29. The lowest BCUT2D eigenvalue weighted by Crippen LogP contribution is -2.37. The van der Waals surface area contributed by atoms with Gasteiger partial charge in [-0.2, -0.15) is 0 Å². The number of Topliss-reactive ketones (excluding diaryl/α,β-unsaturated/α-hetero) is 1. The highest BCUT2D eigenvalue weighted by atomic mass is 16.5. The van der Waals surface area contributed by atoms with E-state index in [4.69, 9.17) is 4.74 Å². The van der Waals surface area contributed by atoms with Crippen molar-refractivity contribution >= 4 is 11.8 Å². The molecule has 0 aromatic heterocycles. The van der Waals surface area contributed by atoms with Crippen LogP contribution in [0.15, 0.2) is 0 Å². The first kappa shape index (κ1) is 10.2. The molecule has 1 fully saturated rings. The van der Waals surface area contributed by atoms with E-state index in [-0.39, 0.29) is 29.7 Å². The van der Waals surface area contributed by atoms with Crippen LogP contribution in [0.25, 0.3) is 0 Å². The van der Waals surface area contributed by atoms with E-state index >= 15 is 0 Å². The van der Waals surface area contributed by atoms with Gasteiger partial charge in [0, 0.05) is 5.92 Å². The molecule has 1 aliphatic carbocycles. The third-order valence-corrected chi connectivity index (χ3v) is 2.42. The first-order chi connectivity index (χ1) is 6.00. The van der Waals surface area contributed by atoms with Gasteiger partial charge in [-0.15, -0.1) is 0 Å². The summed E-state index contributed by atoms with van der Waals surface area (Å²) in [5.74, 6) is 0.102. The van der Waals surface area contributed by atoms with Crippen LogP contribution in [0.4, 0.5) is 0 Å². The zero-order valence-corrected chi connectivity index (χ0v) is 8.37. The highest BCUT2D eigenvalue weighted by Crippen LogP contribution is 2.31. The molecule has 0 radical (unpaired) electrons. The average molecular weight is 184 g/mol. The number of rotatable bonds is 3. The second-order valence-corrected chi connectivity index (χ2v) is 3.99. The third-order valence-electron chi connectivity index (χ3n) is 2.42. The van der Waals surface area contributed by atoms with Crippen LogP contribution < -0.4 is 0 Å². The van der Waals surface area contributed by atoms with Gasteiger partial charge in [-0.1, -0.05) is 13.8 Å². The molecule has 0 unspecified atom stereocenters. The molecule has 0 aromatic rings. The predicted molar refractivity (Wildman–Crippen MR) is 48.1 cm³/mol. The van der Waals surface area contributed by atoms with Gasteiger partial charge in [0.2, 0.25) is 0 Å². The van der Waals surface area contributed by atoms with E-state index in [2.05, 4.69) is 0 Å². The lowest BCUT2D eigenvalue weighted by molar-refractivity contribution is -0.161. The van der Waals surface area contributed by atoms with Gasteiger partial charge in [-0.05, 0) is 19.8 Å². The molecule has 0 aromatic carbocycles. The SMILES string of the molecule is CC(=O)[C@H]1C[C@@H](OC(=O)C(C)C)C1. The molecule has 0 atom stereocenters. The van der Waals surface area contributed by atoms with Gasteiger partial charge >= 0.3 is 5.97 Å². The highest BCUT2D eigenvalue weighted by molar-refractivity contribution is 5.79. The molecule has 74 valence electrons. The Balaban J connectivity index is 2.22. The summed E-state index contributed by atoms with van der Waals surface area (Å²) in [6, 6.07) is 0. The van der Waals surface area contributed by atoms with E-state index in [0.29, 0.717) is 12.8 Å². The molecule has 1 rings (SSSR count). The third kappa shape index (κ3) is 2.54. The van der Waals surface area contributed by atoms with Crippen molar-refractivity contribution in [3.63, 3.8) is 0 Å². The van der Waals surface area contributed by atoms with Crippen molar-refractivity contribution in [3.8, 4) is 0 Å². The number of hydrogen-bond acceptors (Lipinski definition) is 3. The highest BCUT2D eigenvalue weighted by Gasteiger charge is 2.35. The van der Waals surface area contributed by atoms with E-state index in [1.165, 1.54) is 0 Å². The predicted octanol–water partition coefficient (Wildman–Crippen LogP) is 1.55. The monoisotopic (exact) mass is 184 g/mol. The van der Waals surface area contributed by atoms with Gasteiger partial charge in [-0.25, -0.2) is 0 Å². The second kappa shape index (κ2) is 3.90. The molecule has 3 nitrogen and oxygen atoms in total. The number of carbonyl (C=O) groups excluding carboxylic acids is 2. The van der Waals surface area contributed by atoms with Crippen LogP contribution in [-0.2, 0) is 14.3 Å². The molecule has 0 amide bonds. The normalized spacial score (nSPS) is 26.8. The summed E-state index contributed by atoms with van der Waals surface area (Å²) in [6.45, 7) is 5.21. The largest absolute Gasteiger partial charge is 0.462 e. The van der Waals surface area contributed by atoms with E-state index in [0.717, 1.165) is 0 Å². The van der Waals surface area contributed by atoms with Crippen molar-refractivity contribution in [1.82, 2.24) is 0 Å². The summed E-state index contributed by atoms with van der Waals surface area (Å²) in [5, 5.41) is 0. The zero-order valence-electron chi connectivity index (χ0n) is 8.37. The molecule has 1 aliphatic rings. The molecule has 1 saturated carbocycles. The minimum Gasteiger partial charge on any atom is -0.462 e. The Morgan fingerprint density at radius 2 is 1.85 bits per heavy atom. The van der Waals surface area contributed by atoms with E-state index in [1.807, 2.05) is 13.8 Å². The van der Waals surface area contributed by atoms with Gasteiger partial charge in [-0.3, -0.25) is 9.59 Å². The zero-order chi connectivity index (χ0) is 10.0. The van der Waals surface area contributed by atoms with E-state index < -0.39 is 0 Å². The molecule has 13 heavy (non-hydrogen) atoms. The fourth-order valence-electron chi connectivity index (χ4n) is 1.29. The van der Waals surface area contributed by atoms with Crippen molar-refractivity contribution in [2.75, 3.05) is 0 Å². The van der Waals surface area contributed by atoms with E-state index in [9.17, 15) is 9.59 Å². The Bertz CT molecular complexity index is 214. The van der Waals surface area contributed by atoms with Gasteiger partial charge in [0.25, 0.3) is 0 Å². The minimum absolute atomic E-state index is 0.0104. The van der Waals surface area contributed by atoms with Crippen molar-refractivity contribution in [3.05, 3.63) is 0 Å². The number of ketones is 1. The summed E-state index contributed by atoms with van der Waals surface area (Å²) in [4.78, 5) is 22.0. The summed E-state index contributed by atoms with van der Waals surface area (Å²) >= 11 is 0. The standard InChI is InChI=1S/C10H16O3/c1-6(2)10(12)13-9-4-8(5-9)7(3)11/h6,8-9H,4-5H2,1-3H3/t8-,9+. The first-order valence-electron chi connectivity index (χ1n) is 4.71. The summed E-state index contributed by atoms with van der Waals surface area (Å²) in [5.41, 5.74) is 0. The second-order valence-electron chi connectivity index (χ2n) is 3.99. The van der Waals surface area contributed by atoms with Crippen LogP contribution in [0.3, 0.4) is 0 Å². The van der Waals surface area contributed by atoms with Crippen molar-refractivity contribution in [1.29, 1.82) is 0 Å². The molecule has 0 spiro atoms. The van der Waals surface area contributed by atoms with Gasteiger partial charge in [0.1, 0.15) is 11.9 Å². The smallest absolute Gasteiger partial charge is 0.308 e. The molecule has 0 N–H and O–H groups in total. The number of hydrogen-bond donors (Lipinski definition) is 0. The molecule has 3 heteroatoms. The maximum Gasteiger partial charge on any atom is 0.308 e. The summed E-state index contributed by atoms with van der Waals surface area (Å²) < 4.78 is 5.14. The Labute approximate surface area is 78.5 Å². The number of ether oxygens (including phenoxy) is 1. The molecular weight excluding hydrogens is 168 g/mol. The van der Waals surface area contributed by atoms with Crippen LogP contribution in [0, 0.1) is 11.8 Å². The lowest BCUT2D eigenvalue weighted by Gasteiger charge is -2.33. The summed E-state index contributed by atoms with van der Waals surface area (Å²) in [6.07, 6.45) is 1.42. The Hall–Kier alpha value is -0.860. The van der Waals surface area contributed by atoms with Crippen molar-refractivity contribution in [2.45, 2.75) is 39.7 Å². The van der Waals surface area contributed by atoms with Crippen LogP contribution in [0.2, 0.25) is 0 Å². The average Bonchev–Trinajstić information content (AvgIpc) is 1.94. The van der Waals surface area contributed by atoms with Crippen LogP contribution in [-0.4, -0.2) is 17.9 Å². The topological polar surface area (TPSA) is 43.4 Å². The van der Waals surface area contributed by atoms with Crippen LogP contribution >= 0.6 is 0 Å². The Morgan fingerprint density at radius 3 is 2.23 bits per heavy atom.